The van der Waals surface area contributed by atoms with E-state index in [4.69, 9.17) is 4.74 Å². The van der Waals surface area contributed by atoms with Crippen molar-refractivity contribution in [1.82, 2.24) is 4.98 Å². The van der Waals surface area contributed by atoms with Crippen LogP contribution in [0.1, 0.15) is 30.4 Å². The molecule has 4 nitrogen and oxygen atoms in total. The number of ether oxygens (including phenoxy) is 1. The molecule has 132 valence electrons. The van der Waals surface area contributed by atoms with Gasteiger partial charge in [-0.25, -0.2) is 0 Å². The maximum absolute atomic E-state index is 12.3. The molecule has 0 fully saturated rings. The lowest BCUT2D eigenvalue weighted by atomic mass is 9.97. The summed E-state index contributed by atoms with van der Waals surface area (Å²) in [6.07, 6.45) is 3.94. The molecule has 3 aromatic rings. The zero-order valence-electron chi connectivity index (χ0n) is 14.8. The summed E-state index contributed by atoms with van der Waals surface area (Å²) in [6.45, 7) is 2.50. The molecule has 1 N–H and O–H groups in total. The molecule has 26 heavy (non-hydrogen) atoms. The van der Waals surface area contributed by atoms with Crippen molar-refractivity contribution in [1.29, 1.82) is 0 Å². The molecule has 0 bridgehead atoms. The maximum atomic E-state index is 12.3. The van der Waals surface area contributed by atoms with E-state index in [1.54, 1.807) is 12.4 Å². The summed E-state index contributed by atoms with van der Waals surface area (Å²) in [5.41, 5.74) is 2.90. The summed E-state index contributed by atoms with van der Waals surface area (Å²) in [5.74, 6) is 0.870. The Labute approximate surface area is 153 Å². The lowest BCUT2D eigenvalue weighted by Crippen LogP contribution is -2.14. The van der Waals surface area contributed by atoms with Gasteiger partial charge in [0, 0.05) is 36.1 Å². The quantitative estimate of drug-likeness (QED) is 0.669. The number of carbonyl (C=O) groups excluding carboxylic acids is 1. The van der Waals surface area contributed by atoms with Crippen molar-refractivity contribution in [3.05, 3.63) is 90.3 Å². The zero-order chi connectivity index (χ0) is 18.2. The first-order chi connectivity index (χ1) is 12.7. The van der Waals surface area contributed by atoms with Crippen LogP contribution in [0.5, 0.6) is 5.75 Å². The largest absolute Gasteiger partial charge is 0.489 e. The third kappa shape index (κ3) is 5.18. The molecule has 1 amide bonds. The fourth-order valence-corrected chi connectivity index (χ4v) is 2.70. The Morgan fingerprint density at radius 3 is 2.69 bits per heavy atom. The van der Waals surface area contributed by atoms with Gasteiger partial charge in [0.1, 0.15) is 12.4 Å². The highest BCUT2D eigenvalue weighted by atomic mass is 16.5. The number of benzene rings is 2. The predicted octanol–water partition coefficient (Wildman–Crippen LogP) is 4.79. The van der Waals surface area contributed by atoms with E-state index in [9.17, 15) is 4.79 Å². The lowest BCUT2D eigenvalue weighted by Gasteiger charge is -2.13. The Kier molecular flexibility index (Phi) is 5.99. The van der Waals surface area contributed by atoms with Crippen molar-refractivity contribution >= 4 is 11.6 Å². The molecule has 3 rings (SSSR count). The number of aromatic nitrogens is 1. The Morgan fingerprint density at radius 2 is 1.92 bits per heavy atom. The second-order valence-corrected chi connectivity index (χ2v) is 6.24. The van der Waals surface area contributed by atoms with E-state index in [0.717, 1.165) is 16.8 Å². The minimum absolute atomic E-state index is 0.00855. The summed E-state index contributed by atoms with van der Waals surface area (Å²) >= 11 is 0. The molecule has 1 atom stereocenters. The van der Waals surface area contributed by atoms with E-state index in [1.165, 1.54) is 0 Å². The van der Waals surface area contributed by atoms with Crippen LogP contribution < -0.4 is 10.1 Å². The lowest BCUT2D eigenvalue weighted by molar-refractivity contribution is -0.116. The molecule has 2 aromatic carbocycles. The number of pyridine rings is 1. The van der Waals surface area contributed by atoms with Gasteiger partial charge in [-0.1, -0.05) is 49.4 Å². The highest BCUT2D eigenvalue weighted by Gasteiger charge is 2.11. The number of amides is 1. The number of hydrogen-bond acceptors (Lipinski definition) is 3. The molecule has 0 saturated carbocycles. The van der Waals surface area contributed by atoms with Crippen LogP contribution in [-0.4, -0.2) is 10.9 Å². The molecule has 1 unspecified atom stereocenters. The first-order valence-corrected chi connectivity index (χ1v) is 8.67. The number of nitrogens with one attached hydrogen (secondary N) is 1. The molecule has 4 heteroatoms. The second kappa shape index (κ2) is 8.81. The van der Waals surface area contributed by atoms with Gasteiger partial charge >= 0.3 is 0 Å². The molecular weight excluding hydrogens is 324 g/mol. The van der Waals surface area contributed by atoms with E-state index in [1.807, 2.05) is 66.7 Å². The molecule has 0 saturated heterocycles. The van der Waals surface area contributed by atoms with Crippen LogP contribution in [0, 0.1) is 0 Å². The van der Waals surface area contributed by atoms with Crippen LogP contribution >= 0.6 is 0 Å². The molecule has 0 aliphatic heterocycles. The van der Waals surface area contributed by atoms with E-state index in [0.29, 0.717) is 18.8 Å². The summed E-state index contributed by atoms with van der Waals surface area (Å²) in [4.78, 5) is 16.4. The number of nitrogens with zero attached hydrogens (tertiary/aromatic N) is 1. The van der Waals surface area contributed by atoms with Crippen molar-refractivity contribution in [2.45, 2.75) is 25.9 Å². The molecule has 0 radical (unpaired) electrons. The van der Waals surface area contributed by atoms with Gasteiger partial charge in [-0.05, 0) is 29.7 Å². The average molecular weight is 346 g/mol. The van der Waals surface area contributed by atoms with Gasteiger partial charge in [0.25, 0.3) is 0 Å². The van der Waals surface area contributed by atoms with Crippen molar-refractivity contribution in [2.75, 3.05) is 5.32 Å². The van der Waals surface area contributed by atoms with E-state index < -0.39 is 0 Å². The van der Waals surface area contributed by atoms with Crippen molar-refractivity contribution in [3.63, 3.8) is 0 Å². The fourth-order valence-electron chi connectivity index (χ4n) is 2.70. The van der Waals surface area contributed by atoms with Crippen LogP contribution in [0.2, 0.25) is 0 Å². The fraction of sp³-hybridized carbons (Fsp3) is 0.182. The smallest absolute Gasteiger partial charge is 0.224 e. The third-order valence-electron chi connectivity index (χ3n) is 4.11. The van der Waals surface area contributed by atoms with Crippen molar-refractivity contribution in [3.8, 4) is 5.75 Å². The van der Waals surface area contributed by atoms with E-state index >= 15 is 0 Å². The van der Waals surface area contributed by atoms with Crippen LogP contribution in [0.25, 0.3) is 0 Å². The van der Waals surface area contributed by atoms with Crippen LogP contribution in [0.15, 0.2) is 79.1 Å². The van der Waals surface area contributed by atoms with Crippen molar-refractivity contribution in [2.24, 2.45) is 0 Å². The zero-order valence-corrected chi connectivity index (χ0v) is 14.8. The predicted molar refractivity (Wildman–Crippen MR) is 103 cm³/mol. The Morgan fingerprint density at radius 1 is 1.08 bits per heavy atom. The maximum Gasteiger partial charge on any atom is 0.224 e. The number of hydrogen-bond donors (Lipinski definition) is 1. The van der Waals surface area contributed by atoms with Gasteiger partial charge in [0.05, 0.1) is 0 Å². The molecule has 0 aliphatic rings. The van der Waals surface area contributed by atoms with E-state index in [2.05, 4.69) is 17.2 Å². The Hall–Kier alpha value is -3.14. The Bertz CT molecular complexity index is 835. The minimum Gasteiger partial charge on any atom is -0.489 e. The summed E-state index contributed by atoms with van der Waals surface area (Å²) in [5, 5.41) is 2.95. The molecular formula is C22H22N2O2. The SMILES string of the molecule is CC(CC(=O)Nc1cccc(OCc2cccnc2)c1)c1ccccc1. The number of anilines is 1. The topological polar surface area (TPSA) is 51.2 Å². The minimum atomic E-state index is -0.00855. The number of rotatable bonds is 7. The summed E-state index contributed by atoms with van der Waals surface area (Å²) < 4.78 is 5.77. The highest BCUT2D eigenvalue weighted by Crippen LogP contribution is 2.22. The monoisotopic (exact) mass is 346 g/mol. The summed E-state index contributed by atoms with van der Waals surface area (Å²) in [6, 6.07) is 21.3. The molecule has 0 spiro atoms. The van der Waals surface area contributed by atoms with Crippen LogP contribution in [0.3, 0.4) is 0 Å². The Balaban J connectivity index is 1.55. The van der Waals surface area contributed by atoms with Gasteiger partial charge < -0.3 is 10.1 Å². The standard InChI is InChI=1S/C22H22N2O2/c1-17(19-8-3-2-4-9-19)13-22(25)24-20-10-5-11-21(14-20)26-16-18-7-6-12-23-15-18/h2-12,14-15,17H,13,16H2,1H3,(H,24,25). The van der Waals surface area contributed by atoms with Gasteiger partial charge in [-0.15, -0.1) is 0 Å². The molecule has 1 heterocycles. The van der Waals surface area contributed by atoms with Crippen LogP contribution in [0.4, 0.5) is 5.69 Å². The van der Waals surface area contributed by atoms with Gasteiger partial charge in [0.2, 0.25) is 5.91 Å². The first kappa shape index (κ1) is 17.7. The van der Waals surface area contributed by atoms with Crippen molar-refractivity contribution < 1.29 is 9.53 Å². The first-order valence-electron chi connectivity index (χ1n) is 8.67. The number of carbonyl (C=O) groups is 1. The summed E-state index contributed by atoms with van der Waals surface area (Å²) in [7, 11) is 0. The highest BCUT2D eigenvalue weighted by molar-refractivity contribution is 5.91. The van der Waals surface area contributed by atoms with Gasteiger partial charge in [-0.2, -0.15) is 0 Å². The van der Waals surface area contributed by atoms with E-state index in [-0.39, 0.29) is 11.8 Å². The molecule has 1 aromatic heterocycles. The molecule has 0 aliphatic carbocycles. The van der Waals surface area contributed by atoms with Gasteiger partial charge in [-0.3, -0.25) is 9.78 Å². The van der Waals surface area contributed by atoms with Gasteiger partial charge in [0.15, 0.2) is 0 Å². The average Bonchev–Trinajstić information content (AvgIpc) is 2.68. The normalized spacial score (nSPS) is 11.6. The third-order valence-corrected chi connectivity index (χ3v) is 4.11. The van der Waals surface area contributed by atoms with Crippen LogP contribution in [-0.2, 0) is 11.4 Å². The second-order valence-electron chi connectivity index (χ2n) is 6.24.